The van der Waals surface area contributed by atoms with Crippen LogP contribution in [0.2, 0.25) is 0 Å². The number of rotatable bonds is 6. The first kappa shape index (κ1) is 16.2. The number of hydrogen-bond donors (Lipinski definition) is 0. The molecule has 0 aliphatic heterocycles. The number of carbonyl (C=O) groups excluding carboxylic acids is 1. The fraction of sp³-hybridized carbons (Fsp3) is 0.389. The number of esters is 1. The van der Waals surface area contributed by atoms with Gasteiger partial charge in [-0.05, 0) is 25.0 Å². The fourth-order valence-electron chi connectivity index (χ4n) is 2.68. The van der Waals surface area contributed by atoms with Crippen LogP contribution in [0, 0.1) is 5.92 Å². The molecule has 2 aromatic heterocycles. The van der Waals surface area contributed by atoms with E-state index in [1.165, 1.54) is 0 Å². The number of para-hydroxylation sites is 1. The van der Waals surface area contributed by atoms with Gasteiger partial charge in [0.2, 0.25) is 5.89 Å². The van der Waals surface area contributed by atoms with Gasteiger partial charge in [-0.25, -0.2) is 0 Å². The zero-order chi connectivity index (χ0) is 17.1. The highest BCUT2D eigenvalue weighted by molar-refractivity contribution is 5.87. The Hall–Kier alpha value is -2.63. The van der Waals surface area contributed by atoms with Gasteiger partial charge in [0.1, 0.15) is 12.2 Å². The second kappa shape index (κ2) is 6.86. The summed E-state index contributed by atoms with van der Waals surface area (Å²) in [5, 5.41) is 9.29. The van der Waals surface area contributed by atoms with Crippen molar-refractivity contribution < 1.29 is 13.9 Å². The van der Waals surface area contributed by atoms with Crippen LogP contribution >= 0.6 is 0 Å². The molecule has 3 aromatic rings. The molecule has 0 atom stereocenters. The van der Waals surface area contributed by atoms with Crippen molar-refractivity contribution in [2.75, 3.05) is 6.61 Å². The molecule has 3 rings (SSSR count). The first-order valence-electron chi connectivity index (χ1n) is 8.15. The van der Waals surface area contributed by atoms with Gasteiger partial charge in [0.15, 0.2) is 0 Å². The molecule has 0 fully saturated rings. The standard InChI is InChI=1S/C18H21N3O3/c1-4-23-17(22)11-21-14-8-6-5-7-13(14)10-15(21)18-20-19-16(24-18)9-12(2)3/h5-8,10,12H,4,9,11H2,1-3H3. The Kier molecular flexibility index (Phi) is 4.64. The van der Waals surface area contributed by atoms with E-state index in [4.69, 9.17) is 9.15 Å². The molecule has 0 bridgehead atoms. The molecule has 1 aromatic carbocycles. The van der Waals surface area contributed by atoms with Crippen molar-refractivity contribution in [3.8, 4) is 11.6 Å². The lowest BCUT2D eigenvalue weighted by Gasteiger charge is -2.08. The van der Waals surface area contributed by atoms with Crippen LogP contribution in [0.1, 0.15) is 26.7 Å². The van der Waals surface area contributed by atoms with E-state index in [9.17, 15) is 4.79 Å². The second-order valence-electron chi connectivity index (χ2n) is 6.08. The first-order valence-corrected chi connectivity index (χ1v) is 8.15. The molecule has 24 heavy (non-hydrogen) atoms. The van der Waals surface area contributed by atoms with E-state index < -0.39 is 0 Å². The van der Waals surface area contributed by atoms with Gasteiger partial charge in [0.25, 0.3) is 5.89 Å². The lowest BCUT2D eigenvalue weighted by Crippen LogP contribution is -2.14. The van der Waals surface area contributed by atoms with Crippen LogP contribution in [0.25, 0.3) is 22.5 Å². The minimum atomic E-state index is -0.290. The van der Waals surface area contributed by atoms with Crippen molar-refractivity contribution in [2.24, 2.45) is 5.92 Å². The molecule has 0 radical (unpaired) electrons. The van der Waals surface area contributed by atoms with Gasteiger partial charge < -0.3 is 13.7 Å². The highest BCUT2D eigenvalue weighted by atomic mass is 16.5. The maximum absolute atomic E-state index is 12.0. The van der Waals surface area contributed by atoms with Crippen molar-refractivity contribution in [3.63, 3.8) is 0 Å². The molecule has 0 N–H and O–H groups in total. The number of fused-ring (bicyclic) bond motifs is 1. The predicted molar refractivity (Wildman–Crippen MR) is 90.4 cm³/mol. The molecule has 0 amide bonds. The minimum absolute atomic E-state index is 0.110. The second-order valence-corrected chi connectivity index (χ2v) is 6.08. The summed E-state index contributed by atoms with van der Waals surface area (Å²) in [6.45, 7) is 6.46. The topological polar surface area (TPSA) is 70.2 Å². The molecule has 0 saturated carbocycles. The molecule has 0 unspecified atom stereocenters. The summed E-state index contributed by atoms with van der Waals surface area (Å²) in [5.74, 6) is 1.17. The Labute approximate surface area is 140 Å². The van der Waals surface area contributed by atoms with Crippen molar-refractivity contribution in [1.29, 1.82) is 0 Å². The van der Waals surface area contributed by atoms with Gasteiger partial charge in [-0.2, -0.15) is 0 Å². The normalized spacial score (nSPS) is 11.3. The number of ether oxygens (including phenoxy) is 1. The molecule has 0 aliphatic carbocycles. The number of nitrogens with zero attached hydrogens (tertiary/aromatic N) is 3. The Morgan fingerprint density at radius 3 is 2.83 bits per heavy atom. The third kappa shape index (κ3) is 3.32. The van der Waals surface area contributed by atoms with Gasteiger partial charge in [0.05, 0.1) is 6.61 Å². The highest BCUT2D eigenvalue weighted by Gasteiger charge is 2.18. The maximum Gasteiger partial charge on any atom is 0.325 e. The van der Waals surface area contributed by atoms with Crippen molar-refractivity contribution in [3.05, 3.63) is 36.2 Å². The molecule has 0 aliphatic rings. The van der Waals surface area contributed by atoms with Crippen LogP contribution in [-0.2, 0) is 22.5 Å². The summed E-state index contributed by atoms with van der Waals surface area (Å²) >= 11 is 0. The SMILES string of the molecule is CCOC(=O)Cn1c(-c2nnc(CC(C)C)o2)cc2ccccc21. The summed E-state index contributed by atoms with van der Waals surface area (Å²) in [6.07, 6.45) is 0.727. The molecular weight excluding hydrogens is 306 g/mol. The lowest BCUT2D eigenvalue weighted by atomic mass is 10.1. The van der Waals surface area contributed by atoms with Gasteiger partial charge in [-0.3, -0.25) is 4.79 Å². The van der Waals surface area contributed by atoms with E-state index in [0.717, 1.165) is 23.0 Å². The largest absolute Gasteiger partial charge is 0.465 e. The molecule has 2 heterocycles. The Morgan fingerprint density at radius 1 is 1.29 bits per heavy atom. The summed E-state index contributed by atoms with van der Waals surface area (Å²) in [4.78, 5) is 12.0. The number of aromatic nitrogens is 3. The smallest absolute Gasteiger partial charge is 0.325 e. The van der Waals surface area contributed by atoms with Gasteiger partial charge in [0, 0.05) is 17.3 Å². The maximum atomic E-state index is 12.0. The van der Waals surface area contributed by atoms with E-state index in [2.05, 4.69) is 24.0 Å². The van der Waals surface area contributed by atoms with Crippen LogP contribution in [0.4, 0.5) is 0 Å². The monoisotopic (exact) mass is 327 g/mol. The van der Waals surface area contributed by atoms with Gasteiger partial charge >= 0.3 is 5.97 Å². The van der Waals surface area contributed by atoms with E-state index >= 15 is 0 Å². The van der Waals surface area contributed by atoms with Crippen LogP contribution in [0.15, 0.2) is 34.7 Å². The van der Waals surface area contributed by atoms with Crippen LogP contribution in [0.5, 0.6) is 0 Å². The van der Waals surface area contributed by atoms with E-state index in [1.54, 1.807) is 6.92 Å². The van der Waals surface area contributed by atoms with E-state index in [-0.39, 0.29) is 12.5 Å². The molecule has 0 saturated heterocycles. The zero-order valence-corrected chi connectivity index (χ0v) is 14.2. The van der Waals surface area contributed by atoms with Gasteiger partial charge in [-0.1, -0.05) is 32.0 Å². The van der Waals surface area contributed by atoms with Crippen molar-refractivity contribution in [1.82, 2.24) is 14.8 Å². The minimum Gasteiger partial charge on any atom is -0.465 e. The average Bonchev–Trinajstić information content (AvgIpc) is 3.12. The lowest BCUT2D eigenvalue weighted by molar-refractivity contribution is -0.143. The van der Waals surface area contributed by atoms with E-state index in [0.29, 0.717) is 24.3 Å². The average molecular weight is 327 g/mol. The Balaban J connectivity index is 2.02. The first-order chi connectivity index (χ1) is 11.6. The molecule has 6 heteroatoms. The van der Waals surface area contributed by atoms with Crippen molar-refractivity contribution >= 4 is 16.9 Å². The third-order valence-electron chi connectivity index (χ3n) is 3.67. The predicted octanol–water partition coefficient (Wildman–Crippen LogP) is 3.45. The zero-order valence-electron chi connectivity index (χ0n) is 14.2. The summed E-state index contributed by atoms with van der Waals surface area (Å²) in [7, 11) is 0. The Morgan fingerprint density at radius 2 is 2.08 bits per heavy atom. The molecule has 0 spiro atoms. The number of hydrogen-bond acceptors (Lipinski definition) is 5. The quantitative estimate of drug-likeness (QED) is 0.649. The Bertz CT molecular complexity index is 848. The number of carbonyl (C=O) groups is 1. The molecule has 6 nitrogen and oxygen atoms in total. The van der Waals surface area contributed by atoms with Crippen LogP contribution in [-0.4, -0.2) is 27.3 Å². The molecular formula is C18H21N3O3. The molecule has 126 valence electrons. The van der Waals surface area contributed by atoms with Crippen LogP contribution < -0.4 is 0 Å². The summed E-state index contributed by atoms with van der Waals surface area (Å²) in [6, 6.07) is 9.81. The summed E-state index contributed by atoms with van der Waals surface area (Å²) < 4.78 is 12.7. The summed E-state index contributed by atoms with van der Waals surface area (Å²) in [5.41, 5.74) is 1.66. The third-order valence-corrected chi connectivity index (χ3v) is 3.67. The van der Waals surface area contributed by atoms with Crippen LogP contribution in [0.3, 0.4) is 0 Å². The van der Waals surface area contributed by atoms with E-state index in [1.807, 2.05) is 34.9 Å². The van der Waals surface area contributed by atoms with Gasteiger partial charge in [-0.15, -0.1) is 10.2 Å². The fourth-order valence-corrected chi connectivity index (χ4v) is 2.68. The highest BCUT2D eigenvalue weighted by Crippen LogP contribution is 2.28. The number of benzene rings is 1. The van der Waals surface area contributed by atoms with Crippen molar-refractivity contribution in [2.45, 2.75) is 33.7 Å².